The molecular formula is C10H22N2. The molecule has 12 heavy (non-hydrogen) atoms. The minimum atomic E-state index is 0.836. The molecule has 0 spiro atoms. The molecule has 1 aliphatic rings. The van der Waals surface area contributed by atoms with Crippen molar-refractivity contribution in [2.45, 2.75) is 20.3 Å². The van der Waals surface area contributed by atoms with Gasteiger partial charge in [-0.05, 0) is 31.8 Å². The predicted molar refractivity (Wildman–Crippen MR) is 53.3 cm³/mol. The summed E-state index contributed by atoms with van der Waals surface area (Å²) in [6.07, 6.45) is 1.36. The fourth-order valence-electron chi connectivity index (χ4n) is 2.00. The van der Waals surface area contributed by atoms with Crippen LogP contribution >= 0.6 is 0 Å². The van der Waals surface area contributed by atoms with E-state index >= 15 is 0 Å². The van der Waals surface area contributed by atoms with E-state index in [9.17, 15) is 0 Å². The molecule has 1 heterocycles. The standard InChI is InChI=1S/C10H22N2/c1-9(2)6-10-7-11-4-5-12(3)8-10/h9-11H,4-8H2,1-3H3. The Balaban J connectivity index is 2.31. The Morgan fingerprint density at radius 3 is 2.92 bits per heavy atom. The van der Waals surface area contributed by atoms with Crippen LogP contribution < -0.4 is 5.32 Å². The van der Waals surface area contributed by atoms with Crippen molar-refractivity contribution in [3.05, 3.63) is 0 Å². The Kier molecular flexibility index (Phi) is 4.02. The Morgan fingerprint density at radius 2 is 2.25 bits per heavy atom. The van der Waals surface area contributed by atoms with Crippen LogP contribution in [0, 0.1) is 11.8 Å². The molecule has 0 saturated carbocycles. The van der Waals surface area contributed by atoms with Gasteiger partial charge in [0.1, 0.15) is 0 Å². The van der Waals surface area contributed by atoms with Gasteiger partial charge in [0, 0.05) is 19.6 Å². The maximum atomic E-state index is 3.49. The second-order valence-corrected chi connectivity index (χ2v) is 4.46. The summed E-state index contributed by atoms with van der Waals surface area (Å²) < 4.78 is 0. The topological polar surface area (TPSA) is 15.3 Å². The van der Waals surface area contributed by atoms with Crippen molar-refractivity contribution in [3.63, 3.8) is 0 Å². The fraction of sp³-hybridized carbons (Fsp3) is 1.00. The lowest BCUT2D eigenvalue weighted by Crippen LogP contribution is -2.26. The van der Waals surface area contributed by atoms with Crippen LogP contribution in [0.5, 0.6) is 0 Å². The van der Waals surface area contributed by atoms with E-state index in [0.717, 1.165) is 18.4 Å². The Labute approximate surface area is 76.3 Å². The Morgan fingerprint density at radius 1 is 1.50 bits per heavy atom. The molecular weight excluding hydrogens is 148 g/mol. The van der Waals surface area contributed by atoms with Crippen LogP contribution in [0.25, 0.3) is 0 Å². The number of rotatable bonds is 2. The molecule has 72 valence electrons. The molecule has 1 unspecified atom stereocenters. The van der Waals surface area contributed by atoms with Gasteiger partial charge >= 0.3 is 0 Å². The first kappa shape index (κ1) is 10.0. The van der Waals surface area contributed by atoms with Crippen LogP contribution in [0.2, 0.25) is 0 Å². The van der Waals surface area contributed by atoms with Crippen LogP contribution in [0.1, 0.15) is 20.3 Å². The SMILES string of the molecule is CC(C)CC1CNCCN(C)C1. The van der Waals surface area contributed by atoms with E-state index in [1.165, 1.54) is 26.1 Å². The van der Waals surface area contributed by atoms with E-state index in [1.54, 1.807) is 0 Å². The zero-order chi connectivity index (χ0) is 8.97. The van der Waals surface area contributed by atoms with E-state index < -0.39 is 0 Å². The predicted octanol–water partition coefficient (Wildman–Crippen LogP) is 1.18. The van der Waals surface area contributed by atoms with Crippen LogP contribution in [-0.4, -0.2) is 38.1 Å². The first-order valence-electron chi connectivity index (χ1n) is 5.07. The molecule has 0 aliphatic carbocycles. The van der Waals surface area contributed by atoms with E-state index in [2.05, 4.69) is 31.1 Å². The first-order chi connectivity index (χ1) is 5.68. The Bertz CT molecular complexity index is 123. The second-order valence-electron chi connectivity index (χ2n) is 4.46. The Hall–Kier alpha value is -0.0800. The highest BCUT2D eigenvalue weighted by molar-refractivity contribution is 4.72. The zero-order valence-electron chi connectivity index (χ0n) is 8.64. The average molecular weight is 170 g/mol. The van der Waals surface area contributed by atoms with Crippen LogP contribution in [0.15, 0.2) is 0 Å². The highest BCUT2D eigenvalue weighted by Gasteiger charge is 2.15. The molecule has 1 saturated heterocycles. The fourth-order valence-corrected chi connectivity index (χ4v) is 2.00. The van der Waals surface area contributed by atoms with Crippen molar-refractivity contribution < 1.29 is 0 Å². The molecule has 1 aliphatic heterocycles. The van der Waals surface area contributed by atoms with Crippen molar-refractivity contribution >= 4 is 0 Å². The van der Waals surface area contributed by atoms with Crippen molar-refractivity contribution in [3.8, 4) is 0 Å². The van der Waals surface area contributed by atoms with Crippen molar-refractivity contribution in [2.24, 2.45) is 11.8 Å². The minimum Gasteiger partial charge on any atom is -0.315 e. The average Bonchev–Trinajstić information content (AvgIpc) is 2.12. The van der Waals surface area contributed by atoms with Gasteiger partial charge in [-0.25, -0.2) is 0 Å². The molecule has 1 N–H and O–H groups in total. The molecule has 1 rings (SSSR count). The van der Waals surface area contributed by atoms with Gasteiger partial charge in [-0.2, -0.15) is 0 Å². The lowest BCUT2D eigenvalue weighted by atomic mass is 9.97. The zero-order valence-corrected chi connectivity index (χ0v) is 8.64. The molecule has 2 nitrogen and oxygen atoms in total. The molecule has 0 aromatic carbocycles. The highest BCUT2D eigenvalue weighted by atomic mass is 15.1. The summed E-state index contributed by atoms with van der Waals surface area (Å²) in [5, 5.41) is 3.49. The van der Waals surface area contributed by atoms with Gasteiger partial charge < -0.3 is 10.2 Å². The summed E-state index contributed by atoms with van der Waals surface area (Å²) in [5.74, 6) is 1.70. The van der Waals surface area contributed by atoms with E-state index in [-0.39, 0.29) is 0 Å². The molecule has 1 fully saturated rings. The van der Waals surface area contributed by atoms with Crippen LogP contribution in [-0.2, 0) is 0 Å². The van der Waals surface area contributed by atoms with Gasteiger partial charge in [0.05, 0.1) is 0 Å². The number of likely N-dealkylation sites (N-methyl/N-ethyl adjacent to an activating group) is 1. The molecule has 0 aromatic heterocycles. The van der Waals surface area contributed by atoms with Crippen molar-refractivity contribution in [1.29, 1.82) is 0 Å². The third kappa shape index (κ3) is 3.55. The van der Waals surface area contributed by atoms with Gasteiger partial charge in [-0.1, -0.05) is 13.8 Å². The number of nitrogens with one attached hydrogen (secondary N) is 1. The number of nitrogens with zero attached hydrogens (tertiary/aromatic N) is 1. The summed E-state index contributed by atoms with van der Waals surface area (Å²) >= 11 is 0. The normalized spacial score (nSPS) is 27.5. The quantitative estimate of drug-likeness (QED) is 0.669. The third-order valence-corrected chi connectivity index (χ3v) is 2.48. The van der Waals surface area contributed by atoms with Gasteiger partial charge in [0.15, 0.2) is 0 Å². The van der Waals surface area contributed by atoms with Crippen molar-refractivity contribution in [2.75, 3.05) is 33.2 Å². The van der Waals surface area contributed by atoms with E-state index in [1.807, 2.05) is 0 Å². The van der Waals surface area contributed by atoms with E-state index in [4.69, 9.17) is 0 Å². The monoisotopic (exact) mass is 170 g/mol. The third-order valence-electron chi connectivity index (χ3n) is 2.48. The van der Waals surface area contributed by atoms with Crippen LogP contribution in [0.4, 0.5) is 0 Å². The molecule has 0 bridgehead atoms. The summed E-state index contributed by atoms with van der Waals surface area (Å²) in [6.45, 7) is 9.46. The van der Waals surface area contributed by atoms with Gasteiger partial charge in [0.2, 0.25) is 0 Å². The maximum Gasteiger partial charge on any atom is 0.0104 e. The van der Waals surface area contributed by atoms with Gasteiger partial charge in [-0.3, -0.25) is 0 Å². The van der Waals surface area contributed by atoms with Gasteiger partial charge in [-0.15, -0.1) is 0 Å². The summed E-state index contributed by atoms with van der Waals surface area (Å²) in [7, 11) is 2.22. The summed E-state index contributed by atoms with van der Waals surface area (Å²) in [6, 6.07) is 0. The largest absolute Gasteiger partial charge is 0.315 e. The lowest BCUT2D eigenvalue weighted by molar-refractivity contribution is 0.284. The summed E-state index contributed by atoms with van der Waals surface area (Å²) in [4.78, 5) is 2.44. The highest BCUT2D eigenvalue weighted by Crippen LogP contribution is 2.13. The lowest BCUT2D eigenvalue weighted by Gasteiger charge is -2.20. The number of hydrogen-bond acceptors (Lipinski definition) is 2. The first-order valence-corrected chi connectivity index (χ1v) is 5.07. The smallest absolute Gasteiger partial charge is 0.0104 e. The molecule has 1 atom stereocenters. The summed E-state index contributed by atoms with van der Waals surface area (Å²) in [5.41, 5.74) is 0. The maximum absolute atomic E-state index is 3.49. The van der Waals surface area contributed by atoms with Crippen molar-refractivity contribution in [1.82, 2.24) is 10.2 Å². The van der Waals surface area contributed by atoms with E-state index in [0.29, 0.717) is 0 Å². The molecule has 2 heteroatoms. The molecule has 0 radical (unpaired) electrons. The van der Waals surface area contributed by atoms with Gasteiger partial charge in [0.25, 0.3) is 0 Å². The minimum absolute atomic E-state index is 0.836. The second kappa shape index (κ2) is 4.83. The number of hydrogen-bond donors (Lipinski definition) is 1. The molecule has 0 amide bonds. The van der Waals surface area contributed by atoms with Crippen LogP contribution in [0.3, 0.4) is 0 Å². The molecule has 0 aromatic rings.